The smallest absolute Gasteiger partial charge is 0.171 e. The summed E-state index contributed by atoms with van der Waals surface area (Å²) in [4.78, 5) is 0. The van der Waals surface area contributed by atoms with E-state index in [4.69, 9.17) is 0 Å². The van der Waals surface area contributed by atoms with Gasteiger partial charge in [-0.25, -0.2) is 5.57 Å². The van der Waals surface area contributed by atoms with Crippen molar-refractivity contribution in [2.45, 2.75) is 107 Å². The number of allylic oxidation sites excluding steroid dienone is 4. The SMILES string of the molecule is CC(C)(C)c1[c-]c2c(cc1)-c1ccc(C(C)(C)C)cc1C2.CCC1=[C-]C(C)C=C1C(C)(C)C.[CH2-]C.[CH2]=[Zr].[c-]1ccccc1. The molecule has 2 aliphatic rings. The van der Waals surface area contributed by atoms with Crippen LogP contribution in [0.4, 0.5) is 0 Å². The molecule has 1 atom stereocenters. The Morgan fingerprint density at radius 1 is 0.814 bits per heavy atom. The van der Waals surface area contributed by atoms with Gasteiger partial charge in [-0.05, 0) is 28.4 Å². The van der Waals surface area contributed by atoms with Gasteiger partial charge in [-0.1, -0.05) is 118 Å². The van der Waals surface area contributed by atoms with Gasteiger partial charge in [0, 0.05) is 0 Å². The van der Waals surface area contributed by atoms with Gasteiger partial charge in [0.15, 0.2) is 0 Å². The molecule has 43 heavy (non-hydrogen) atoms. The molecule has 2 aliphatic carbocycles. The minimum atomic E-state index is 0.167. The molecule has 0 radical (unpaired) electrons. The molecule has 3 aromatic carbocycles. The summed E-state index contributed by atoms with van der Waals surface area (Å²) < 4.78 is 3.34. The van der Waals surface area contributed by atoms with Gasteiger partial charge in [0.1, 0.15) is 0 Å². The molecule has 0 fully saturated rings. The van der Waals surface area contributed by atoms with Gasteiger partial charge in [0.2, 0.25) is 0 Å². The summed E-state index contributed by atoms with van der Waals surface area (Å²) in [5, 5.41) is 0. The van der Waals surface area contributed by atoms with Crippen LogP contribution in [-0.4, -0.2) is 4.21 Å². The Kier molecular flexibility index (Phi) is 15.7. The first-order valence-corrected chi connectivity index (χ1v) is 17.4. The van der Waals surface area contributed by atoms with Crippen LogP contribution in [0.5, 0.6) is 0 Å². The number of fused-ring (bicyclic) bond motifs is 3. The largest absolute Gasteiger partial charge is 0.184 e. The summed E-state index contributed by atoms with van der Waals surface area (Å²) in [6.07, 6.45) is 7.98. The minimum Gasteiger partial charge on any atom is -0.184 e. The van der Waals surface area contributed by atoms with Crippen molar-refractivity contribution in [1.29, 1.82) is 0 Å². The van der Waals surface area contributed by atoms with Gasteiger partial charge in [-0.2, -0.15) is 78.7 Å². The second-order valence-corrected chi connectivity index (χ2v) is 14.0. The summed E-state index contributed by atoms with van der Waals surface area (Å²) in [5.74, 6) is 0.522. The fourth-order valence-electron chi connectivity index (χ4n) is 5.11. The average molecular weight is 652 g/mol. The van der Waals surface area contributed by atoms with Gasteiger partial charge >= 0.3 is 28.4 Å². The molecule has 5 rings (SSSR count). The van der Waals surface area contributed by atoms with Crippen molar-refractivity contribution < 1.29 is 24.2 Å². The van der Waals surface area contributed by atoms with E-state index in [1.807, 2.05) is 30.3 Å². The molecule has 1 heteroatoms. The van der Waals surface area contributed by atoms with E-state index in [0.717, 1.165) is 12.8 Å². The maximum Gasteiger partial charge on any atom is -0.171 e. The molecule has 232 valence electrons. The molecule has 0 amide bonds. The van der Waals surface area contributed by atoms with Crippen LogP contribution in [-0.2, 0) is 41.5 Å². The third-order valence-corrected chi connectivity index (χ3v) is 7.38. The molecule has 0 aliphatic heterocycles. The van der Waals surface area contributed by atoms with Gasteiger partial charge in [0.25, 0.3) is 0 Å². The summed E-state index contributed by atoms with van der Waals surface area (Å²) in [5.41, 5.74) is 11.9. The number of benzene rings is 3. The van der Waals surface area contributed by atoms with Crippen LogP contribution in [0.25, 0.3) is 11.1 Å². The zero-order valence-corrected chi connectivity index (χ0v) is 31.7. The fourth-order valence-corrected chi connectivity index (χ4v) is 5.11. The van der Waals surface area contributed by atoms with Crippen LogP contribution in [0.15, 0.2) is 77.9 Å². The monoisotopic (exact) mass is 650 g/mol. The molecule has 0 N–H and O–H groups in total. The van der Waals surface area contributed by atoms with Crippen molar-refractivity contribution in [2.75, 3.05) is 0 Å². The third-order valence-electron chi connectivity index (χ3n) is 7.38. The Morgan fingerprint density at radius 3 is 1.81 bits per heavy atom. The molecule has 0 saturated carbocycles. The molecular weight excluding hydrogens is 596 g/mol. The summed E-state index contributed by atoms with van der Waals surface area (Å²) in [7, 11) is 0. The zero-order chi connectivity index (χ0) is 33.0. The quantitative estimate of drug-likeness (QED) is 0.180. The Hall–Kier alpha value is -2.11. The van der Waals surface area contributed by atoms with Crippen molar-refractivity contribution in [3.8, 4) is 11.1 Å². The van der Waals surface area contributed by atoms with E-state index in [1.165, 1.54) is 68.8 Å². The van der Waals surface area contributed by atoms with Gasteiger partial charge < -0.3 is 6.92 Å². The molecule has 0 nitrogen and oxygen atoms in total. The number of hydrogen-bond acceptors (Lipinski definition) is 0. The van der Waals surface area contributed by atoms with E-state index in [0.29, 0.717) is 11.3 Å². The maximum absolute atomic E-state index is 3.67. The Labute approximate surface area is 281 Å². The molecule has 0 bridgehead atoms. The third kappa shape index (κ3) is 11.7. The van der Waals surface area contributed by atoms with Crippen LogP contribution < -0.4 is 0 Å². The molecule has 0 heterocycles. The number of hydrogen-bond donors (Lipinski definition) is 0. The van der Waals surface area contributed by atoms with E-state index < -0.39 is 0 Å². The topological polar surface area (TPSA) is 0 Å². The minimum absolute atomic E-state index is 0.167. The van der Waals surface area contributed by atoms with Gasteiger partial charge in [0.05, 0.1) is 0 Å². The summed E-state index contributed by atoms with van der Waals surface area (Å²) in [6, 6.07) is 27.7. The second-order valence-electron chi connectivity index (χ2n) is 14.0. The fraction of sp³-hybridized carbons (Fsp3) is 0.429. The van der Waals surface area contributed by atoms with Crippen LogP contribution in [0.1, 0.15) is 112 Å². The van der Waals surface area contributed by atoms with Crippen LogP contribution in [0, 0.1) is 36.5 Å². The van der Waals surface area contributed by atoms with E-state index >= 15 is 0 Å². The van der Waals surface area contributed by atoms with Crippen molar-refractivity contribution >= 4 is 4.21 Å². The molecule has 1 unspecified atom stereocenters. The van der Waals surface area contributed by atoms with Crippen molar-refractivity contribution in [2.24, 2.45) is 11.3 Å². The van der Waals surface area contributed by atoms with Gasteiger partial charge in [-0.3, -0.25) is 6.08 Å². The Balaban J connectivity index is 0.000000353. The Bertz CT molecular complexity index is 1230. The molecular formula is C42H56Zr-4. The molecule has 3 aromatic rings. The Morgan fingerprint density at radius 2 is 1.40 bits per heavy atom. The first-order valence-electron chi connectivity index (χ1n) is 15.6. The maximum atomic E-state index is 3.67. The average Bonchev–Trinajstić information content (AvgIpc) is 3.55. The first kappa shape index (κ1) is 38.9. The first-order chi connectivity index (χ1) is 20.1. The summed E-state index contributed by atoms with van der Waals surface area (Å²) in [6.45, 7) is 29.8. The molecule has 0 saturated heterocycles. The number of rotatable bonds is 1. The molecule has 0 aromatic heterocycles. The van der Waals surface area contributed by atoms with Crippen molar-refractivity contribution in [3.05, 3.63) is 125 Å². The normalized spacial score (nSPS) is 14.8. The van der Waals surface area contributed by atoms with Crippen LogP contribution in [0.2, 0.25) is 0 Å². The predicted molar refractivity (Wildman–Crippen MR) is 188 cm³/mol. The zero-order valence-electron chi connectivity index (χ0n) is 29.3. The van der Waals surface area contributed by atoms with E-state index in [9.17, 15) is 0 Å². The van der Waals surface area contributed by atoms with Crippen molar-refractivity contribution in [1.82, 2.24) is 0 Å². The summed E-state index contributed by atoms with van der Waals surface area (Å²) >= 11 is 1.30. The van der Waals surface area contributed by atoms with Crippen molar-refractivity contribution in [3.63, 3.8) is 0 Å². The molecule has 0 spiro atoms. The van der Waals surface area contributed by atoms with E-state index in [2.05, 4.69) is 142 Å². The predicted octanol–water partition coefficient (Wildman–Crippen LogP) is 11.7. The van der Waals surface area contributed by atoms with Crippen LogP contribution in [0.3, 0.4) is 0 Å². The second kappa shape index (κ2) is 17.4. The van der Waals surface area contributed by atoms with E-state index in [-0.39, 0.29) is 10.8 Å². The standard InChI is InChI=1S/C21H25.C12H19.C6H5.C2H5.CH2.Zr/c1-20(2,3)16-7-9-18-14(12-16)11-15-13-17(21(4,5)6)8-10-19(15)18;1-6-10-7-9(2)8-11(10)12(3,4)5;1-2-4-6-5-3-1;1-2;;/h7-10,12H,11H2,1-6H3;8-9H,6H2,1-5H3;1-5H;1H2,2H3;1H2;/q4*-1;;. The van der Waals surface area contributed by atoms with E-state index in [1.54, 1.807) is 6.92 Å². The van der Waals surface area contributed by atoms with Crippen LogP contribution >= 0.6 is 0 Å². The van der Waals surface area contributed by atoms with Gasteiger partial charge in [-0.15, -0.1) is 11.1 Å².